The van der Waals surface area contributed by atoms with Crippen LogP contribution in [0.25, 0.3) is 0 Å². The monoisotopic (exact) mass is 269 g/mol. The Morgan fingerprint density at radius 3 is 2.75 bits per heavy atom. The van der Waals surface area contributed by atoms with Gasteiger partial charge in [-0.1, -0.05) is 31.2 Å². The minimum absolute atomic E-state index is 0.506. The standard InChI is InChI=1S/C17H23N3/c1-13-7-8-17(16-6-4-3-5-15(13)16)18-11-9-14-10-12-20(2)19-14/h3-6,10,12-13,17-18H,7-9,11H2,1-2H3. The number of aryl methyl sites for hydroxylation is 1. The molecular weight excluding hydrogens is 246 g/mol. The van der Waals surface area contributed by atoms with Crippen molar-refractivity contribution >= 4 is 0 Å². The zero-order chi connectivity index (χ0) is 13.9. The van der Waals surface area contributed by atoms with Crippen molar-refractivity contribution in [1.29, 1.82) is 0 Å². The van der Waals surface area contributed by atoms with Crippen molar-refractivity contribution in [3.63, 3.8) is 0 Å². The summed E-state index contributed by atoms with van der Waals surface area (Å²) >= 11 is 0. The molecule has 1 aliphatic carbocycles. The van der Waals surface area contributed by atoms with Crippen molar-refractivity contribution in [2.75, 3.05) is 6.54 Å². The van der Waals surface area contributed by atoms with Crippen LogP contribution in [0.1, 0.15) is 48.5 Å². The van der Waals surface area contributed by atoms with Crippen molar-refractivity contribution in [1.82, 2.24) is 15.1 Å². The maximum absolute atomic E-state index is 4.43. The summed E-state index contributed by atoms with van der Waals surface area (Å²) in [4.78, 5) is 0. The van der Waals surface area contributed by atoms with Crippen LogP contribution in [0.4, 0.5) is 0 Å². The van der Waals surface area contributed by atoms with Crippen molar-refractivity contribution in [3.8, 4) is 0 Å². The molecule has 3 rings (SSSR count). The Hall–Kier alpha value is -1.61. The first-order valence-corrected chi connectivity index (χ1v) is 7.55. The normalized spacial score (nSPS) is 21.7. The molecule has 0 fully saturated rings. The first-order valence-electron chi connectivity index (χ1n) is 7.55. The number of hydrogen-bond acceptors (Lipinski definition) is 2. The molecule has 0 aliphatic heterocycles. The molecular formula is C17H23N3. The summed E-state index contributed by atoms with van der Waals surface area (Å²) in [7, 11) is 1.97. The molecule has 1 heterocycles. The van der Waals surface area contributed by atoms with E-state index in [2.05, 4.69) is 47.7 Å². The van der Waals surface area contributed by atoms with Crippen molar-refractivity contribution < 1.29 is 0 Å². The number of benzene rings is 1. The average Bonchev–Trinajstić information content (AvgIpc) is 2.87. The fourth-order valence-corrected chi connectivity index (χ4v) is 3.19. The van der Waals surface area contributed by atoms with E-state index in [1.54, 1.807) is 0 Å². The Bertz CT molecular complexity index is 573. The predicted octanol–water partition coefficient (Wildman–Crippen LogP) is 3.19. The average molecular weight is 269 g/mol. The zero-order valence-electron chi connectivity index (χ0n) is 12.3. The van der Waals surface area contributed by atoms with E-state index in [-0.39, 0.29) is 0 Å². The second kappa shape index (κ2) is 5.80. The van der Waals surface area contributed by atoms with E-state index in [1.165, 1.54) is 24.0 Å². The van der Waals surface area contributed by atoms with Crippen LogP contribution in [0.2, 0.25) is 0 Å². The molecule has 0 amide bonds. The highest BCUT2D eigenvalue weighted by Crippen LogP contribution is 2.36. The highest BCUT2D eigenvalue weighted by atomic mass is 15.2. The minimum Gasteiger partial charge on any atom is -0.310 e. The van der Waals surface area contributed by atoms with Crippen LogP contribution >= 0.6 is 0 Å². The van der Waals surface area contributed by atoms with Gasteiger partial charge >= 0.3 is 0 Å². The number of hydrogen-bond donors (Lipinski definition) is 1. The summed E-state index contributed by atoms with van der Waals surface area (Å²) in [5, 5.41) is 8.13. The lowest BCUT2D eigenvalue weighted by atomic mass is 9.81. The highest BCUT2D eigenvalue weighted by molar-refractivity contribution is 5.34. The van der Waals surface area contributed by atoms with Crippen LogP contribution in [0.3, 0.4) is 0 Å². The van der Waals surface area contributed by atoms with Gasteiger partial charge in [-0.05, 0) is 36.0 Å². The molecule has 1 N–H and O–H groups in total. The van der Waals surface area contributed by atoms with Gasteiger partial charge in [-0.25, -0.2) is 0 Å². The van der Waals surface area contributed by atoms with Gasteiger partial charge in [0.25, 0.3) is 0 Å². The summed E-state index contributed by atoms with van der Waals surface area (Å²) in [5.74, 6) is 0.694. The van der Waals surface area contributed by atoms with Gasteiger partial charge in [-0.3, -0.25) is 4.68 Å². The fraction of sp³-hybridized carbons (Fsp3) is 0.471. The molecule has 0 spiro atoms. The highest BCUT2D eigenvalue weighted by Gasteiger charge is 2.23. The van der Waals surface area contributed by atoms with E-state index in [0.29, 0.717) is 12.0 Å². The lowest BCUT2D eigenvalue weighted by Crippen LogP contribution is -2.28. The molecule has 106 valence electrons. The summed E-state index contributed by atoms with van der Waals surface area (Å²) in [6, 6.07) is 11.5. The van der Waals surface area contributed by atoms with Crippen LogP contribution in [-0.2, 0) is 13.5 Å². The molecule has 3 heteroatoms. The van der Waals surface area contributed by atoms with Crippen LogP contribution in [-0.4, -0.2) is 16.3 Å². The summed E-state index contributed by atoms with van der Waals surface area (Å²) in [6.45, 7) is 3.33. The van der Waals surface area contributed by atoms with Gasteiger partial charge in [0.2, 0.25) is 0 Å². The van der Waals surface area contributed by atoms with Gasteiger partial charge in [0.15, 0.2) is 0 Å². The molecule has 2 aromatic rings. The lowest BCUT2D eigenvalue weighted by molar-refractivity contribution is 0.433. The van der Waals surface area contributed by atoms with E-state index < -0.39 is 0 Å². The van der Waals surface area contributed by atoms with Gasteiger partial charge in [-0.2, -0.15) is 5.10 Å². The molecule has 2 unspecified atom stereocenters. The lowest BCUT2D eigenvalue weighted by Gasteiger charge is -2.30. The van der Waals surface area contributed by atoms with Gasteiger partial charge in [0, 0.05) is 32.3 Å². The predicted molar refractivity (Wildman–Crippen MR) is 81.7 cm³/mol. The number of aromatic nitrogens is 2. The summed E-state index contributed by atoms with van der Waals surface area (Å²) in [5.41, 5.74) is 4.18. The molecule has 0 saturated carbocycles. The molecule has 1 aromatic carbocycles. The first kappa shape index (κ1) is 13.4. The molecule has 2 atom stereocenters. The third kappa shape index (κ3) is 2.78. The molecule has 0 saturated heterocycles. The van der Waals surface area contributed by atoms with E-state index >= 15 is 0 Å². The van der Waals surface area contributed by atoms with Gasteiger partial charge in [-0.15, -0.1) is 0 Å². The Kier molecular flexibility index (Phi) is 3.88. The number of nitrogens with one attached hydrogen (secondary N) is 1. The molecule has 0 bridgehead atoms. The Morgan fingerprint density at radius 2 is 2.00 bits per heavy atom. The second-order valence-electron chi connectivity index (χ2n) is 5.84. The zero-order valence-corrected chi connectivity index (χ0v) is 12.3. The summed E-state index contributed by atoms with van der Waals surface area (Å²) in [6.07, 6.45) is 5.51. The molecule has 1 aliphatic rings. The van der Waals surface area contributed by atoms with Crippen molar-refractivity contribution in [2.45, 2.75) is 38.1 Å². The molecule has 0 radical (unpaired) electrons. The Balaban J connectivity index is 1.62. The summed E-state index contributed by atoms with van der Waals surface area (Å²) < 4.78 is 1.87. The molecule has 20 heavy (non-hydrogen) atoms. The van der Waals surface area contributed by atoms with Crippen LogP contribution in [0, 0.1) is 0 Å². The second-order valence-corrected chi connectivity index (χ2v) is 5.84. The van der Waals surface area contributed by atoms with Crippen molar-refractivity contribution in [2.24, 2.45) is 7.05 Å². The third-order valence-corrected chi connectivity index (χ3v) is 4.33. The minimum atomic E-state index is 0.506. The van der Waals surface area contributed by atoms with E-state index in [9.17, 15) is 0 Å². The smallest absolute Gasteiger partial charge is 0.0637 e. The van der Waals surface area contributed by atoms with Crippen molar-refractivity contribution in [3.05, 3.63) is 53.3 Å². The van der Waals surface area contributed by atoms with Gasteiger partial charge in [0.1, 0.15) is 0 Å². The Morgan fingerprint density at radius 1 is 1.20 bits per heavy atom. The van der Waals surface area contributed by atoms with E-state index in [0.717, 1.165) is 18.7 Å². The van der Waals surface area contributed by atoms with Gasteiger partial charge < -0.3 is 5.32 Å². The SMILES string of the molecule is CC1CCC(NCCc2ccn(C)n2)c2ccccc21. The third-order valence-electron chi connectivity index (χ3n) is 4.33. The number of rotatable bonds is 4. The maximum Gasteiger partial charge on any atom is 0.0637 e. The fourth-order valence-electron chi connectivity index (χ4n) is 3.19. The molecule has 1 aromatic heterocycles. The van der Waals surface area contributed by atoms with E-state index in [4.69, 9.17) is 0 Å². The van der Waals surface area contributed by atoms with Crippen LogP contribution in [0.5, 0.6) is 0 Å². The van der Waals surface area contributed by atoms with Crippen LogP contribution in [0.15, 0.2) is 36.5 Å². The number of fused-ring (bicyclic) bond motifs is 1. The van der Waals surface area contributed by atoms with E-state index in [1.807, 2.05) is 17.9 Å². The topological polar surface area (TPSA) is 29.9 Å². The quantitative estimate of drug-likeness (QED) is 0.924. The maximum atomic E-state index is 4.43. The first-order chi connectivity index (χ1) is 9.74. The Labute approximate surface area is 121 Å². The largest absolute Gasteiger partial charge is 0.310 e. The number of nitrogens with zero attached hydrogens (tertiary/aromatic N) is 2. The molecule has 3 nitrogen and oxygen atoms in total. The van der Waals surface area contributed by atoms with Gasteiger partial charge in [0.05, 0.1) is 5.69 Å². The van der Waals surface area contributed by atoms with Crippen LogP contribution < -0.4 is 5.32 Å².